The number of benzene rings is 1. The van der Waals surface area contributed by atoms with Gasteiger partial charge in [0.25, 0.3) is 6.47 Å². The number of ether oxygens (including phenoxy) is 2. The molecule has 8 heteroatoms. The lowest BCUT2D eigenvalue weighted by Crippen LogP contribution is -2.49. The molecular weight excluding hydrogens is 376 g/mol. The maximum absolute atomic E-state index is 11.5. The molecule has 1 heterocycles. The third kappa shape index (κ3) is 6.99. The molecule has 0 radical (unpaired) electrons. The third-order valence-electron chi connectivity index (χ3n) is 5.55. The zero-order valence-electron chi connectivity index (χ0n) is 17.1. The van der Waals surface area contributed by atoms with Gasteiger partial charge in [0.05, 0.1) is 18.8 Å². The van der Waals surface area contributed by atoms with Crippen LogP contribution in [0, 0.1) is 11.8 Å². The van der Waals surface area contributed by atoms with Crippen molar-refractivity contribution in [1.29, 1.82) is 0 Å². The van der Waals surface area contributed by atoms with E-state index in [4.69, 9.17) is 24.5 Å². The molecule has 1 aromatic rings. The number of carboxylic acid groups (broad SMARTS) is 1. The lowest BCUT2D eigenvalue weighted by Gasteiger charge is -2.37. The second kappa shape index (κ2) is 11.7. The number of hydrogen-bond donors (Lipinski definition) is 3. The average Bonchev–Trinajstić information content (AvgIpc) is 3.07. The lowest BCUT2D eigenvalue weighted by atomic mass is 9.77. The first kappa shape index (κ1) is 23.1. The van der Waals surface area contributed by atoms with Crippen molar-refractivity contribution >= 4 is 12.4 Å². The quantitative estimate of drug-likeness (QED) is 0.580. The van der Waals surface area contributed by atoms with Gasteiger partial charge in [0.15, 0.2) is 0 Å². The van der Waals surface area contributed by atoms with Crippen molar-refractivity contribution in [1.82, 2.24) is 10.2 Å². The van der Waals surface area contributed by atoms with E-state index in [0.29, 0.717) is 18.4 Å². The minimum atomic E-state index is -0.250. The van der Waals surface area contributed by atoms with Crippen molar-refractivity contribution in [3.05, 3.63) is 29.8 Å². The topological polar surface area (TPSA) is 108 Å². The van der Waals surface area contributed by atoms with Gasteiger partial charge >= 0.3 is 0 Å². The molecule has 4 atom stereocenters. The Morgan fingerprint density at radius 3 is 2.62 bits per heavy atom. The Morgan fingerprint density at radius 2 is 2.00 bits per heavy atom. The van der Waals surface area contributed by atoms with Crippen LogP contribution in [0.15, 0.2) is 24.3 Å². The summed E-state index contributed by atoms with van der Waals surface area (Å²) in [6.07, 6.45) is 2.09. The van der Waals surface area contributed by atoms with Crippen LogP contribution in [0.5, 0.6) is 5.75 Å². The number of aliphatic hydroxyl groups excluding tert-OH is 1. The van der Waals surface area contributed by atoms with E-state index in [9.17, 15) is 4.79 Å². The first-order valence-corrected chi connectivity index (χ1v) is 9.93. The molecule has 1 saturated carbocycles. The van der Waals surface area contributed by atoms with E-state index >= 15 is 0 Å². The van der Waals surface area contributed by atoms with Gasteiger partial charge in [0.2, 0.25) is 5.91 Å². The van der Waals surface area contributed by atoms with E-state index in [1.54, 1.807) is 14.0 Å². The van der Waals surface area contributed by atoms with Gasteiger partial charge in [-0.05, 0) is 42.4 Å². The smallest absolute Gasteiger partial charge is 0.290 e. The second-order valence-electron chi connectivity index (χ2n) is 7.59. The molecule has 29 heavy (non-hydrogen) atoms. The number of rotatable bonds is 7. The van der Waals surface area contributed by atoms with Crippen molar-refractivity contribution < 1.29 is 29.3 Å². The number of fused-ring (bicyclic) bond motifs is 1. The summed E-state index contributed by atoms with van der Waals surface area (Å²) in [4.78, 5) is 22.3. The van der Waals surface area contributed by atoms with Gasteiger partial charge in [-0.3, -0.25) is 14.5 Å². The fraction of sp³-hybridized carbons (Fsp3) is 0.619. The molecule has 0 aromatic heterocycles. The summed E-state index contributed by atoms with van der Waals surface area (Å²) >= 11 is 0. The largest absolute Gasteiger partial charge is 0.491 e. The Kier molecular flexibility index (Phi) is 9.37. The third-order valence-corrected chi connectivity index (χ3v) is 5.55. The van der Waals surface area contributed by atoms with Crippen LogP contribution in [0.4, 0.5) is 0 Å². The van der Waals surface area contributed by atoms with Gasteiger partial charge in [-0.1, -0.05) is 12.1 Å². The molecule has 0 spiro atoms. The van der Waals surface area contributed by atoms with Crippen molar-refractivity contribution in [2.24, 2.45) is 11.8 Å². The highest BCUT2D eigenvalue weighted by Gasteiger charge is 2.42. The Hall–Kier alpha value is -2.16. The van der Waals surface area contributed by atoms with E-state index in [1.165, 1.54) is 5.56 Å². The number of carbonyl (C=O) groups is 2. The van der Waals surface area contributed by atoms with Crippen LogP contribution < -0.4 is 10.1 Å². The van der Waals surface area contributed by atoms with E-state index < -0.39 is 0 Å². The molecule has 0 bridgehead atoms. The number of aliphatic hydroxyl groups is 1. The summed E-state index contributed by atoms with van der Waals surface area (Å²) in [7, 11) is 1.74. The van der Waals surface area contributed by atoms with Crippen LogP contribution >= 0.6 is 0 Å². The summed E-state index contributed by atoms with van der Waals surface area (Å²) in [5.74, 6) is 2.05. The van der Waals surface area contributed by atoms with Gasteiger partial charge in [0.1, 0.15) is 12.4 Å². The monoisotopic (exact) mass is 408 g/mol. The molecule has 1 saturated heterocycles. The minimum Gasteiger partial charge on any atom is -0.491 e. The molecule has 1 aromatic carbocycles. The highest BCUT2D eigenvalue weighted by Crippen LogP contribution is 2.38. The zero-order valence-corrected chi connectivity index (χ0v) is 17.1. The number of hydrogen-bond acceptors (Lipinski definition) is 6. The summed E-state index contributed by atoms with van der Waals surface area (Å²) in [5, 5.41) is 18.8. The Labute approximate surface area is 171 Å². The SMILES string of the molecule is CO[C@@H]1C[C@H]2CN(Cc3cccc(OCCO)c3)C[C@H]2C[C@H]1NC(C)=O.O=CO. The predicted octanol–water partition coefficient (Wildman–Crippen LogP) is 1.12. The average molecular weight is 408 g/mol. The molecule has 0 unspecified atom stereocenters. The van der Waals surface area contributed by atoms with Crippen molar-refractivity contribution in [2.45, 2.75) is 38.5 Å². The van der Waals surface area contributed by atoms with Crippen LogP contribution in [0.1, 0.15) is 25.3 Å². The summed E-state index contributed by atoms with van der Waals surface area (Å²) in [6, 6.07) is 8.21. The molecule has 162 valence electrons. The number of methoxy groups -OCH3 is 1. The molecule has 3 N–H and O–H groups in total. The Morgan fingerprint density at radius 1 is 1.31 bits per heavy atom. The maximum atomic E-state index is 11.5. The first-order chi connectivity index (χ1) is 14.0. The van der Waals surface area contributed by atoms with Crippen molar-refractivity contribution in [3.63, 3.8) is 0 Å². The number of nitrogens with zero attached hydrogens (tertiary/aromatic N) is 1. The van der Waals surface area contributed by atoms with E-state index in [1.807, 2.05) is 12.1 Å². The molecule has 1 aliphatic carbocycles. The maximum Gasteiger partial charge on any atom is 0.290 e. The first-order valence-electron chi connectivity index (χ1n) is 9.93. The molecule has 8 nitrogen and oxygen atoms in total. The summed E-state index contributed by atoms with van der Waals surface area (Å²) < 4.78 is 11.2. The fourth-order valence-corrected chi connectivity index (χ4v) is 4.47. The number of amides is 1. The number of carbonyl (C=O) groups excluding carboxylic acids is 1. The van der Waals surface area contributed by atoms with Gasteiger partial charge in [-0.25, -0.2) is 0 Å². The molecule has 2 fully saturated rings. The number of likely N-dealkylation sites (tertiary alicyclic amines) is 1. The van der Waals surface area contributed by atoms with E-state index in [0.717, 1.165) is 38.2 Å². The molecular formula is C21H32N2O6. The summed E-state index contributed by atoms with van der Waals surface area (Å²) in [6.45, 7) is 4.69. The predicted molar refractivity (Wildman–Crippen MR) is 108 cm³/mol. The highest BCUT2D eigenvalue weighted by molar-refractivity contribution is 5.73. The van der Waals surface area contributed by atoms with Crippen molar-refractivity contribution in [3.8, 4) is 5.75 Å². The molecule has 2 aliphatic rings. The van der Waals surface area contributed by atoms with E-state index in [-0.39, 0.29) is 31.1 Å². The Balaban J connectivity index is 0.000000941. The van der Waals surface area contributed by atoms with Gasteiger partial charge in [0, 0.05) is 33.7 Å². The van der Waals surface area contributed by atoms with Crippen LogP contribution in [0.25, 0.3) is 0 Å². The minimum absolute atomic E-state index is 0.0186. The molecule has 3 rings (SSSR count). The highest BCUT2D eigenvalue weighted by atomic mass is 16.5. The van der Waals surface area contributed by atoms with Crippen LogP contribution in [0.3, 0.4) is 0 Å². The summed E-state index contributed by atoms with van der Waals surface area (Å²) in [5.41, 5.74) is 1.22. The second-order valence-corrected chi connectivity index (χ2v) is 7.59. The molecule has 1 aliphatic heterocycles. The van der Waals surface area contributed by atoms with Crippen LogP contribution in [-0.2, 0) is 20.9 Å². The fourth-order valence-electron chi connectivity index (χ4n) is 4.47. The standard InChI is InChI=1S/C20H30N2O4.CH2O2/c1-14(24)21-19-9-16-12-22(13-17(16)10-20(19)25-2)11-15-4-3-5-18(8-15)26-7-6-23;2-1-3/h3-5,8,16-17,19-20,23H,6-7,9-13H2,1-2H3,(H,21,24);1H,(H,2,3)/t16-,17+,19-,20-;/m1./s1. The van der Waals surface area contributed by atoms with Gasteiger partial charge in [-0.2, -0.15) is 0 Å². The van der Waals surface area contributed by atoms with Gasteiger partial charge in [-0.15, -0.1) is 0 Å². The molecule has 1 amide bonds. The normalized spacial score (nSPS) is 26.0. The van der Waals surface area contributed by atoms with Gasteiger partial charge < -0.3 is 25.0 Å². The van der Waals surface area contributed by atoms with Crippen molar-refractivity contribution in [2.75, 3.05) is 33.4 Å². The lowest BCUT2D eigenvalue weighted by molar-refractivity contribution is -0.123. The van der Waals surface area contributed by atoms with Crippen LogP contribution in [0.2, 0.25) is 0 Å². The zero-order chi connectivity index (χ0) is 21.2. The van der Waals surface area contributed by atoms with E-state index in [2.05, 4.69) is 22.3 Å². The number of nitrogens with one attached hydrogen (secondary N) is 1. The Bertz CT molecular complexity index is 656. The van der Waals surface area contributed by atoms with Crippen LogP contribution in [-0.4, -0.2) is 73.1 Å².